The van der Waals surface area contributed by atoms with Crippen molar-refractivity contribution in [1.82, 2.24) is 14.8 Å². The summed E-state index contributed by atoms with van der Waals surface area (Å²) in [7, 11) is 1.22. The standard InChI is InChI=1S/C20H13F4N3/c1-27-16(20(22,23)24)11-15(26-27)19-14-10-6-5-9-13(14)17(21)18(25-19)12-7-3-2-4-8-12/h2-11H,1H3. The van der Waals surface area contributed by atoms with Gasteiger partial charge in [0.05, 0.1) is 5.69 Å². The molecule has 2 aromatic heterocycles. The van der Waals surface area contributed by atoms with Crippen LogP contribution in [0.25, 0.3) is 33.4 Å². The van der Waals surface area contributed by atoms with Gasteiger partial charge in [-0.25, -0.2) is 9.37 Å². The predicted molar refractivity (Wildman–Crippen MR) is 94.3 cm³/mol. The van der Waals surface area contributed by atoms with E-state index in [1.807, 2.05) is 0 Å². The Hall–Kier alpha value is -3.22. The van der Waals surface area contributed by atoms with Crippen LogP contribution in [0.2, 0.25) is 0 Å². The molecule has 0 spiro atoms. The fraction of sp³-hybridized carbons (Fsp3) is 0.100. The molecule has 4 rings (SSSR count). The highest BCUT2D eigenvalue weighted by molar-refractivity contribution is 5.96. The molecular weight excluding hydrogens is 358 g/mol. The lowest BCUT2D eigenvalue weighted by atomic mass is 10.0. The summed E-state index contributed by atoms with van der Waals surface area (Å²) in [5.41, 5.74) is -0.0402. The number of nitrogens with zero attached hydrogens (tertiary/aromatic N) is 3. The minimum absolute atomic E-state index is 0.0400. The number of benzene rings is 2. The second-order valence-electron chi connectivity index (χ2n) is 6.07. The minimum Gasteiger partial charge on any atom is -0.263 e. The van der Waals surface area contributed by atoms with Crippen molar-refractivity contribution >= 4 is 10.8 Å². The maximum Gasteiger partial charge on any atom is 0.433 e. The first kappa shape index (κ1) is 17.2. The molecular formula is C20H13F4N3. The van der Waals surface area contributed by atoms with Crippen molar-refractivity contribution in [2.45, 2.75) is 6.18 Å². The van der Waals surface area contributed by atoms with Gasteiger partial charge >= 0.3 is 6.18 Å². The summed E-state index contributed by atoms with van der Waals surface area (Å²) >= 11 is 0. The monoisotopic (exact) mass is 371 g/mol. The molecule has 3 nitrogen and oxygen atoms in total. The first-order chi connectivity index (χ1) is 12.9. The fourth-order valence-electron chi connectivity index (χ4n) is 3.06. The van der Waals surface area contributed by atoms with Crippen LogP contribution in [0.5, 0.6) is 0 Å². The molecule has 27 heavy (non-hydrogen) atoms. The SMILES string of the molecule is Cn1nc(-c2nc(-c3ccccc3)c(F)c3ccccc23)cc1C(F)(F)F. The van der Waals surface area contributed by atoms with Gasteiger partial charge < -0.3 is 0 Å². The molecule has 0 aliphatic rings. The van der Waals surface area contributed by atoms with E-state index < -0.39 is 17.7 Å². The molecule has 0 radical (unpaired) electrons. The lowest BCUT2D eigenvalue weighted by Gasteiger charge is -2.10. The number of rotatable bonds is 2. The van der Waals surface area contributed by atoms with Crippen molar-refractivity contribution in [2.24, 2.45) is 7.05 Å². The quantitative estimate of drug-likeness (QED) is 0.438. The lowest BCUT2D eigenvalue weighted by molar-refractivity contribution is -0.143. The number of aromatic nitrogens is 3. The zero-order valence-corrected chi connectivity index (χ0v) is 14.1. The first-order valence-corrected chi connectivity index (χ1v) is 8.11. The average molecular weight is 371 g/mol. The summed E-state index contributed by atoms with van der Waals surface area (Å²) in [6.45, 7) is 0. The largest absolute Gasteiger partial charge is 0.433 e. The molecule has 7 heteroatoms. The first-order valence-electron chi connectivity index (χ1n) is 8.11. The Bertz CT molecular complexity index is 1130. The third-order valence-corrected chi connectivity index (χ3v) is 4.31. The molecule has 0 unspecified atom stereocenters. The van der Waals surface area contributed by atoms with Gasteiger partial charge in [0.1, 0.15) is 17.1 Å². The van der Waals surface area contributed by atoms with Crippen LogP contribution in [0, 0.1) is 5.82 Å². The van der Waals surface area contributed by atoms with Crippen molar-refractivity contribution in [1.29, 1.82) is 0 Å². The van der Waals surface area contributed by atoms with Crippen LogP contribution >= 0.6 is 0 Å². The third-order valence-electron chi connectivity index (χ3n) is 4.31. The van der Waals surface area contributed by atoms with Crippen LogP contribution in [0.3, 0.4) is 0 Å². The van der Waals surface area contributed by atoms with Gasteiger partial charge in [0, 0.05) is 23.4 Å². The van der Waals surface area contributed by atoms with Crippen LogP contribution in [-0.4, -0.2) is 14.8 Å². The van der Waals surface area contributed by atoms with Gasteiger partial charge in [0.25, 0.3) is 0 Å². The zero-order valence-electron chi connectivity index (χ0n) is 14.1. The zero-order chi connectivity index (χ0) is 19.2. The average Bonchev–Trinajstić information content (AvgIpc) is 3.05. The second-order valence-corrected chi connectivity index (χ2v) is 6.07. The van der Waals surface area contributed by atoms with Gasteiger partial charge in [-0.1, -0.05) is 54.6 Å². The van der Waals surface area contributed by atoms with E-state index in [2.05, 4.69) is 10.1 Å². The molecule has 2 aromatic carbocycles. The molecule has 0 amide bonds. The topological polar surface area (TPSA) is 30.7 Å². The second kappa shape index (κ2) is 6.19. The van der Waals surface area contributed by atoms with Crippen LogP contribution in [0.4, 0.5) is 17.6 Å². The van der Waals surface area contributed by atoms with Crippen LogP contribution in [-0.2, 0) is 13.2 Å². The Morgan fingerprint density at radius 2 is 1.48 bits per heavy atom. The maximum absolute atomic E-state index is 15.1. The summed E-state index contributed by atoms with van der Waals surface area (Å²) in [4.78, 5) is 4.36. The molecule has 4 aromatic rings. The summed E-state index contributed by atoms with van der Waals surface area (Å²) in [5.74, 6) is -0.521. The highest BCUT2D eigenvalue weighted by Crippen LogP contribution is 2.36. The highest BCUT2D eigenvalue weighted by atomic mass is 19.4. The normalized spacial score (nSPS) is 11.9. The Labute approximate surface area is 151 Å². The molecule has 0 atom stereocenters. The predicted octanol–water partition coefficient (Wildman–Crippen LogP) is 5.46. The van der Waals surface area contributed by atoms with Crippen LogP contribution in [0.15, 0.2) is 60.7 Å². The van der Waals surface area contributed by atoms with Gasteiger partial charge in [-0.2, -0.15) is 18.3 Å². The molecule has 0 saturated heterocycles. The Kier molecular flexibility index (Phi) is 3.95. The minimum atomic E-state index is -4.54. The van der Waals surface area contributed by atoms with Crippen molar-refractivity contribution in [3.8, 4) is 22.6 Å². The molecule has 2 heterocycles. The number of halogens is 4. The number of pyridine rings is 1. The molecule has 0 aliphatic heterocycles. The van der Waals surface area contributed by atoms with E-state index in [9.17, 15) is 13.2 Å². The number of alkyl halides is 3. The Morgan fingerprint density at radius 1 is 0.852 bits per heavy atom. The van der Waals surface area contributed by atoms with E-state index in [0.717, 1.165) is 10.7 Å². The molecule has 0 bridgehead atoms. The Balaban J connectivity index is 2.03. The number of hydrogen-bond donors (Lipinski definition) is 0. The molecule has 0 fully saturated rings. The van der Waals surface area contributed by atoms with E-state index in [0.29, 0.717) is 10.9 Å². The molecule has 136 valence electrons. The number of hydrogen-bond acceptors (Lipinski definition) is 2. The third kappa shape index (κ3) is 2.95. The van der Waals surface area contributed by atoms with Crippen molar-refractivity contribution in [3.63, 3.8) is 0 Å². The van der Waals surface area contributed by atoms with Crippen molar-refractivity contribution in [2.75, 3.05) is 0 Å². The molecule has 0 saturated carbocycles. The van der Waals surface area contributed by atoms with Gasteiger partial charge in [-0.15, -0.1) is 0 Å². The molecule has 0 aliphatic carbocycles. The number of aryl methyl sites for hydroxylation is 1. The van der Waals surface area contributed by atoms with E-state index in [1.165, 1.54) is 7.05 Å². The van der Waals surface area contributed by atoms with E-state index in [-0.39, 0.29) is 22.5 Å². The summed E-state index contributed by atoms with van der Waals surface area (Å²) in [6, 6.07) is 16.2. The summed E-state index contributed by atoms with van der Waals surface area (Å²) in [6.07, 6.45) is -4.54. The van der Waals surface area contributed by atoms with Gasteiger partial charge in [-0.3, -0.25) is 4.68 Å². The lowest BCUT2D eigenvalue weighted by Crippen LogP contribution is -2.11. The summed E-state index contributed by atoms with van der Waals surface area (Å²) < 4.78 is 55.3. The Morgan fingerprint density at radius 3 is 2.11 bits per heavy atom. The number of fused-ring (bicyclic) bond motifs is 1. The van der Waals surface area contributed by atoms with Crippen LogP contribution < -0.4 is 0 Å². The van der Waals surface area contributed by atoms with E-state index >= 15 is 4.39 Å². The highest BCUT2D eigenvalue weighted by Gasteiger charge is 2.35. The smallest absolute Gasteiger partial charge is 0.263 e. The summed E-state index contributed by atoms with van der Waals surface area (Å²) in [5, 5.41) is 4.66. The van der Waals surface area contributed by atoms with Gasteiger partial charge in [-0.05, 0) is 6.07 Å². The molecule has 0 N–H and O–H groups in total. The van der Waals surface area contributed by atoms with Crippen molar-refractivity contribution in [3.05, 3.63) is 72.2 Å². The van der Waals surface area contributed by atoms with E-state index in [4.69, 9.17) is 0 Å². The van der Waals surface area contributed by atoms with Crippen LogP contribution in [0.1, 0.15) is 5.69 Å². The van der Waals surface area contributed by atoms with E-state index in [1.54, 1.807) is 54.6 Å². The van der Waals surface area contributed by atoms with Gasteiger partial charge in [0.15, 0.2) is 5.82 Å². The van der Waals surface area contributed by atoms with Crippen molar-refractivity contribution < 1.29 is 17.6 Å². The fourth-order valence-corrected chi connectivity index (χ4v) is 3.06. The van der Waals surface area contributed by atoms with Gasteiger partial charge in [0.2, 0.25) is 0 Å². The maximum atomic E-state index is 15.1.